The van der Waals surface area contributed by atoms with Crippen LogP contribution in [0.2, 0.25) is 0 Å². The fraction of sp³-hybridized carbons (Fsp3) is 0.943. The maximum atomic E-state index is 14.8. The minimum absolute atomic E-state index is 0.113. The van der Waals surface area contributed by atoms with Gasteiger partial charge in [0, 0.05) is 0 Å². The second kappa shape index (κ2) is 20.8. The quantitative estimate of drug-likeness (QED) is 0.0745. The molecule has 9 rings (SSSR count). The van der Waals surface area contributed by atoms with E-state index in [2.05, 4.69) is 54.5 Å². The van der Waals surface area contributed by atoms with E-state index in [1.54, 1.807) is 0 Å². The normalized spacial score (nSPS) is 55.4. The summed E-state index contributed by atoms with van der Waals surface area (Å²) in [7, 11) is 0. The Kier molecular flexibility index (Phi) is 16.1. The average Bonchev–Trinajstić information content (AvgIpc) is 3.36. The van der Waals surface area contributed by atoms with Crippen LogP contribution in [0.4, 0.5) is 0 Å². The second-order valence-electron chi connectivity index (χ2n) is 25.2. The molecule has 0 spiro atoms. The summed E-state index contributed by atoms with van der Waals surface area (Å²) >= 11 is 0. The van der Waals surface area contributed by atoms with Crippen LogP contribution in [0.5, 0.6) is 0 Å². The van der Waals surface area contributed by atoms with Gasteiger partial charge < -0.3 is 99.2 Å². The number of ether oxygens (including phenoxy) is 8. The Morgan fingerprint density at radius 3 is 1.82 bits per heavy atom. The van der Waals surface area contributed by atoms with Crippen LogP contribution in [-0.4, -0.2) is 210 Å². The lowest BCUT2D eigenvalue weighted by Crippen LogP contribution is -2.67. The first-order valence-electron chi connectivity index (χ1n) is 27.2. The van der Waals surface area contributed by atoms with Gasteiger partial charge in [0.1, 0.15) is 85.5 Å². The molecule has 21 nitrogen and oxygen atoms in total. The van der Waals surface area contributed by atoms with E-state index in [4.69, 9.17) is 37.9 Å². The van der Waals surface area contributed by atoms with Gasteiger partial charge in [-0.3, -0.25) is 4.79 Å². The van der Waals surface area contributed by atoms with Crippen LogP contribution >= 0.6 is 0 Å². The van der Waals surface area contributed by atoms with Crippen molar-refractivity contribution in [3.8, 4) is 0 Å². The molecule has 4 heterocycles. The van der Waals surface area contributed by atoms with Gasteiger partial charge in [-0.1, -0.05) is 60.1 Å². The molecule has 8 fully saturated rings. The first kappa shape index (κ1) is 57.1. The summed E-state index contributed by atoms with van der Waals surface area (Å²) in [4.78, 5) is 14.8. The summed E-state index contributed by atoms with van der Waals surface area (Å²) in [5, 5.41) is 128. The van der Waals surface area contributed by atoms with Gasteiger partial charge in [0.15, 0.2) is 18.9 Å². The third kappa shape index (κ3) is 8.99. The zero-order chi connectivity index (χ0) is 53.9. The minimum Gasteiger partial charge on any atom is -0.432 e. The van der Waals surface area contributed by atoms with E-state index in [9.17, 15) is 66.1 Å². The average molecular weight is 1060 g/mol. The molecule has 0 aromatic rings. The molecule has 0 unspecified atom stereocenters. The number of rotatable bonds is 10. The summed E-state index contributed by atoms with van der Waals surface area (Å²) in [6.07, 6.45) is -20.7. The van der Waals surface area contributed by atoms with Crippen LogP contribution in [0.1, 0.15) is 113 Å². The number of carbonyl (C=O) groups is 1. The molecule has 0 amide bonds. The van der Waals surface area contributed by atoms with Crippen molar-refractivity contribution in [1.29, 1.82) is 0 Å². The molecule has 424 valence electrons. The number of aliphatic hydroxyl groups is 12. The fourth-order valence-corrected chi connectivity index (χ4v) is 16.4. The Morgan fingerprint density at radius 2 is 1.19 bits per heavy atom. The lowest BCUT2D eigenvalue weighted by molar-refractivity contribution is -0.388. The van der Waals surface area contributed by atoms with E-state index in [0.29, 0.717) is 25.2 Å². The first-order valence-corrected chi connectivity index (χ1v) is 27.2. The van der Waals surface area contributed by atoms with Gasteiger partial charge in [-0.25, -0.2) is 0 Å². The molecule has 5 aliphatic carbocycles. The fourth-order valence-electron chi connectivity index (χ4n) is 16.4. The number of aliphatic hydroxyl groups excluding tert-OH is 12. The maximum Gasteiger partial charge on any atom is 0.315 e. The highest BCUT2D eigenvalue weighted by Crippen LogP contribution is 2.76. The van der Waals surface area contributed by atoms with Crippen molar-refractivity contribution >= 4 is 5.97 Å². The van der Waals surface area contributed by atoms with E-state index >= 15 is 0 Å². The van der Waals surface area contributed by atoms with Gasteiger partial charge in [0.2, 0.25) is 6.29 Å². The highest BCUT2D eigenvalue weighted by Gasteiger charge is 2.70. The zero-order valence-corrected chi connectivity index (χ0v) is 44.0. The Hall–Kier alpha value is -1.55. The minimum atomic E-state index is -1.83. The molecule has 0 aromatic carbocycles. The van der Waals surface area contributed by atoms with Crippen molar-refractivity contribution in [2.45, 2.75) is 236 Å². The Balaban J connectivity index is 0.975. The van der Waals surface area contributed by atoms with E-state index in [-0.39, 0.29) is 46.5 Å². The van der Waals surface area contributed by atoms with Crippen molar-refractivity contribution in [3.05, 3.63) is 11.6 Å². The van der Waals surface area contributed by atoms with Crippen molar-refractivity contribution in [2.75, 3.05) is 19.8 Å². The van der Waals surface area contributed by atoms with Crippen molar-refractivity contribution in [2.24, 2.45) is 56.7 Å². The van der Waals surface area contributed by atoms with Gasteiger partial charge >= 0.3 is 5.97 Å². The molecule has 21 heteroatoms. The summed E-state index contributed by atoms with van der Waals surface area (Å²) in [6, 6.07) is 0. The first-order chi connectivity index (χ1) is 34.7. The lowest BCUT2D eigenvalue weighted by atomic mass is 9.33. The number of allylic oxidation sites excluding steroid dienone is 2. The van der Waals surface area contributed by atoms with Gasteiger partial charge in [0.05, 0.1) is 37.4 Å². The predicted octanol–water partition coefficient (Wildman–Crippen LogP) is -0.513. The molecule has 9 aliphatic rings. The third-order valence-electron chi connectivity index (χ3n) is 21.3. The lowest BCUT2D eigenvalue weighted by Gasteiger charge is -2.71. The number of hydrogen-bond donors (Lipinski definition) is 12. The van der Waals surface area contributed by atoms with Crippen molar-refractivity contribution in [3.63, 3.8) is 0 Å². The number of carbonyl (C=O) groups excluding carboxylic acids is 1. The zero-order valence-electron chi connectivity index (χ0n) is 44.0. The SMILES string of the molecule is C[C@H]1[C@H](C)CC[C@]2(C(=O)O[C@@H]3O[C@H](CO)[C@@H](O)[C@H](O)[C@H]3O)CC[C@]3(C)C(=CC[C@@H]4[C@@]5(C)CC[C@H](O[C@@H]6OC[C@H](O)[C@H](O[C@@H]7O[C@H](CO)[C@@H](O)[C@H](O)[C@H]7O)[C@H]6O[C@@H]6O[C@@H](C)[C@H](O)[C@@H](O)[C@H]6O)C(C)(C)[C@@H]5CC[C@]43C)[C@H]12. The summed E-state index contributed by atoms with van der Waals surface area (Å²) in [6.45, 7) is 15.9. The molecule has 4 saturated carbocycles. The monoisotopic (exact) mass is 1060 g/mol. The highest BCUT2D eigenvalue weighted by atomic mass is 16.8. The van der Waals surface area contributed by atoms with Crippen LogP contribution in [0.25, 0.3) is 0 Å². The molecule has 12 N–H and O–H groups in total. The number of hydrogen-bond acceptors (Lipinski definition) is 21. The molecule has 29 atom stereocenters. The summed E-state index contributed by atoms with van der Waals surface area (Å²) in [5.41, 5.74) is -0.824. The van der Waals surface area contributed by atoms with Gasteiger partial charge in [-0.2, -0.15) is 0 Å². The smallest absolute Gasteiger partial charge is 0.315 e. The van der Waals surface area contributed by atoms with E-state index in [0.717, 1.165) is 38.5 Å². The van der Waals surface area contributed by atoms with Crippen LogP contribution in [0.15, 0.2) is 11.6 Å². The summed E-state index contributed by atoms with van der Waals surface area (Å²) < 4.78 is 49.0. The second-order valence-corrected chi connectivity index (χ2v) is 25.2. The van der Waals surface area contributed by atoms with E-state index in [1.807, 2.05) is 0 Å². The maximum absolute atomic E-state index is 14.8. The third-order valence-corrected chi connectivity index (χ3v) is 21.3. The Morgan fingerprint density at radius 1 is 0.608 bits per heavy atom. The van der Waals surface area contributed by atoms with Gasteiger partial charge in [0.25, 0.3) is 0 Å². The molecular weight excluding hydrogens is 973 g/mol. The predicted molar refractivity (Wildman–Crippen MR) is 255 cm³/mol. The molecule has 74 heavy (non-hydrogen) atoms. The molecule has 4 aliphatic heterocycles. The number of fused-ring (bicyclic) bond motifs is 7. The van der Waals surface area contributed by atoms with Crippen LogP contribution in [0.3, 0.4) is 0 Å². The van der Waals surface area contributed by atoms with Crippen molar-refractivity contribution < 1.29 is 104 Å². The summed E-state index contributed by atoms with van der Waals surface area (Å²) in [5.74, 6) is 0.120. The molecule has 0 bridgehead atoms. The standard InChI is InChI=1S/C53H86O21/c1-22-11-16-53(48(66)74-46-41(65)38(62)35(59)28(20-55)70-46)18-17-51(7)25(32(53)23(22)2)9-10-30-50(6)14-13-31(49(4,5)29(50)12-15-52(30,51)8)71-47-43(73-44-39(63)36(60)33(57)24(3)68-44)42(26(56)21-67-47)72-45-40(64)37(61)34(58)27(19-54)69-45/h9,22-24,26-47,54-65H,10-21H2,1-8H3/t22-,23+,24+,26+,27-,28-,29+,30-,31+,32+,33+,34-,35-,36-,37+,38+,39-,40-,41-,42+,43-,44+,45+,46+,47+,50+,51-,52-,53+/m1/s1. The molecular formula is C53H86O21. The van der Waals surface area contributed by atoms with Gasteiger partial charge in [-0.15, -0.1) is 0 Å². The van der Waals surface area contributed by atoms with Crippen LogP contribution in [0, 0.1) is 56.7 Å². The molecule has 4 saturated heterocycles. The van der Waals surface area contributed by atoms with E-state index < -0.39 is 153 Å². The van der Waals surface area contributed by atoms with Crippen molar-refractivity contribution in [1.82, 2.24) is 0 Å². The van der Waals surface area contributed by atoms with Gasteiger partial charge in [-0.05, 0) is 116 Å². The molecule has 0 radical (unpaired) electrons. The topological polar surface area (TPSA) is 334 Å². The highest BCUT2D eigenvalue weighted by molar-refractivity contribution is 5.79. The number of esters is 1. The van der Waals surface area contributed by atoms with Crippen LogP contribution in [-0.2, 0) is 42.7 Å². The van der Waals surface area contributed by atoms with Crippen LogP contribution < -0.4 is 0 Å². The Labute approximate surface area is 433 Å². The Bertz CT molecular complexity index is 2020. The largest absolute Gasteiger partial charge is 0.432 e. The molecule has 0 aromatic heterocycles. The van der Waals surface area contributed by atoms with E-state index in [1.165, 1.54) is 12.5 Å².